The molecule has 1 spiro atoms. The lowest BCUT2D eigenvalue weighted by molar-refractivity contribution is -0.130. The van der Waals surface area contributed by atoms with Crippen molar-refractivity contribution in [1.82, 2.24) is 5.32 Å². The zero-order valence-corrected chi connectivity index (χ0v) is 20.3. The van der Waals surface area contributed by atoms with Gasteiger partial charge in [-0.25, -0.2) is 4.90 Å². The molecule has 0 saturated carbocycles. The number of primary amides is 1. The Morgan fingerprint density at radius 3 is 2.49 bits per heavy atom. The van der Waals surface area contributed by atoms with E-state index in [0.29, 0.717) is 27.5 Å². The average Bonchev–Trinajstić information content (AvgIpc) is 3.40. The summed E-state index contributed by atoms with van der Waals surface area (Å²) in [6.45, 7) is 3.90. The van der Waals surface area contributed by atoms with E-state index in [9.17, 15) is 19.2 Å². The molecule has 2 fully saturated rings. The van der Waals surface area contributed by atoms with E-state index in [2.05, 4.69) is 17.6 Å². The number of benzene rings is 2. The van der Waals surface area contributed by atoms with Crippen LogP contribution in [-0.2, 0) is 31.1 Å². The van der Waals surface area contributed by atoms with E-state index >= 15 is 0 Å². The Labute approximate surface area is 208 Å². The van der Waals surface area contributed by atoms with Crippen LogP contribution in [0.2, 0.25) is 5.02 Å². The maximum absolute atomic E-state index is 13.9. The van der Waals surface area contributed by atoms with E-state index in [4.69, 9.17) is 17.3 Å². The maximum Gasteiger partial charge on any atom is 0.250 e. The molecule has 0 aliphatic carbocycles. The van der Waals surface area contributed by atoms with E-state index < -0.39 is 47.0 Å². The summed E-state index contributed by atoms with van der Waals surface area (Å²) in [6.07, 6.45) is 2.85. The molecule has 2 aromatic carbocycles. The lowest BCUT2D eigenvalue weighted by atomic mass is 9.76. The standard InChI is InChI=1S/C26H27ClN4O4/c1-3-4-5-14-6-8-15(9-7-14)31-23(33)20-18(12-19(28)32)30-26(21(20)24(31)34)16-10-11-17(27)13(2)22(16)29-25(26)35/h6-11,18,20-21,30H,3-5,12H2,1-2H3,(H2,28,32)(H,29,35)/t18-,20+,21-,26-/m0/s1. The number of fused-ring (bicyclic) bond motifs is 4. The van der Waals surface area contributed by atoms with Crippen molar-refractivity contribution >= 4 is 46.6 Å². The van der Waals surface area contributed by atoms with Crippen molar-refractivity contribution in [2.75, 3.05) is 10.2 Å². The van der Waals surface area contributed by atoms with Gasteiger partial charge in [0, 0.05) is 23.0 Å². The Kier molecular flexibility index (Phi) is 5.68. The Morgan fingerprint density at radius 1 is 1.11 bits per heavy atom. The number of amides is 4. The van der Waals surface area contributed by atoms with E-state index in [1.54, 1.807) is 31.2 Å². The summed E-state index contributed by atoms with van der Waals surface area (Å²) < 4.78 is 0. The number of unbranched alkanes of at least 4 members (excludes halogenated alkanes) is 1. The second-order valence-electron chi connectivity index (χ2n) is 9.56. The highest BCUT2D eigenvalue weighted by atomic mass is 35.5. The van der Waals surface area contributed by atoms with Crippen LogP contribution in [0.4, 0.5) is 11.4 Å². The van der Waals surface area contributed by atoms with Crippen molar-refractivity contribution < 1.29 is 19.2 Å². The van der Waals surface area contributed by atoms with E-state index in [-0.39, 0.29) is 6.42 Å². The molecular formula is C26H27ClN4O4. The van der Waals surface area contributed by atoms with E-state index in [0.717, 1.165) is 29.7 Å². The normalized spacial score (nSPS) is 26.9. The predicted molar refractivity (Wildman–Crippen MR) is 132 cm³/mol. The molecular weight excluding hydrogens is 468 g/mol. The summed E-state index contributed by atoms with van der Waals surface area (Å²) in [6, 6.07) is 9.95. The van der Waals surface area contributed by atoms with Crippen LogP contribution < -0.4 is 21.3 Å². The number of anilines is 2. The van der Waals surface area contributed by atoms with Crippen molar-refractivity contribution in [2.24, 2.45) is 17.6 Å². The van der Waals surface area contributed by atoms with Gasteiger partial charge in [-0.2, -0.15) is 0 Å². The minimum Gasteiger partial charge on any atom is -0.370 e. The van der Waals surface area contributed by atoms with Crippen LogP contribution in [0.25, 0.3) is 0 Å². The summed E-state index contributed by atoms with van der Waals surface area (Å²) in [4.78, 5) is 54.1. The zero-order chi connectivity index (χ0) is 25.1. The SMILES string of the molecule is CCCCc1ccc(N2C(=O)[C@@H]3[C@H](CC(N)=O)N[C@]4(C(=O)Nc5c4ccc(Cl)c5C)[C@@H]3C2=O)cc1. The van der Waals surface area contributed by atoms with Gasteiger partial charge in [-0.3, -0.25) is 24.5 Å². The number of aryl methyl sites for hydroxylation is 1. The lowest BCUT2D eigenvalue weighted by Crippen LogP contribution is -2.53. The first kappa shape index (κ1) is 23.5. The van der Waals surface area contributed by atoms with Gasteiger partial charge in [-0.05, 0) is 49.1 Å². The Balaban J connectivity index is 1.60. The smallest absolute Gasteiger partial charge is 0.250 e. The molecule has 182 valence electrons. The lowest BCUT2D eigenvalue weighted by Gasteiger charge is -2.29. The van der Waals surface area contributed by atoms with Crippen molar-refractivity contribution in [2.45, 2.75) is 51.1 Å². The highest BCUT2D eigenvalue weighted by Gasteiger charge is 2.70. The van der Waals surface area contributed by atoms with Crippen molar-refractivity contribution in [1.29, 1.82) is 0 Å². The fourth-order valence-electron chi connectivity index (χ4n) is 5.83. The molecule has 9 heteroatoms. The van der Waals surface area contributed by atoms with Crippen LogP contribution in [0.15, 0.2) is 36.4 Å². The van der Waals surface area contributed by atoms with E-state index in [1.165, 1.54) is 0 Å². The molecule has 0 bridgehead atoms. The van der Waals surface area contributed by atoms with Gasteiger partial charge in [-0.15, -0.1) is 0 Å². The van der Waals surface area contributed by atoms with Gasteiger partial charge in [0.05, 0.1) is 23.2 Å². The summed E-state index contributed by atoms with van der Waals surface area (Å²) in [5, 5.41) is 6.53. The molecule has 0 radical (unpaired) electrons. The van der Waals surface area contributed by atoms with E-state index in [1.807, 2.05) is 12.1 Å². The molecule has 4 atom stereocenters. The van der Waals surface area contributed by atoms with Crippen LogP contribution in [-0.4, -0.2) is 29.7 Å². The minimum atomic E-state index is -1.50. The molecule has 4 N–H and O–H groups in total. The van der Waals surface area contributed by atoms with Crippen LogP contribution in [0.1, 0.15) is 42.9 Å². The van der Waals surface area contributed by atoms with Gasteiger partial charge in [0.15, 0.2) is 0 Å². The van der Waals surface area contributed by atoms with Gasteiger partial charge < -0.3 is 11.1 Å². The summed E-state index contributed by atoms with van der Waals surface area (Å²) in [5.41, 5.74) is 7.30. The highest BCUT2D eigenvalue weighted by Crippen LogP contribution is 2.55. The molecule has 3 aliphatic heterocycles. The third-order valence-electron chi connectivity index (χ3n) is 7.52. The number of rotatable bonds is 6. The molecule has 4 amide bonds. The fourth-order valence-corrected chi connectivity index (χ4v) is 5.99. The van der Waals surface area contributed by atoms with Crippen molar-refractivity contribution in [3.8, 4) is 0 Å². The first-order valence-corrected chi connectivity index (χ1v) is 12.2. The first-order valence-electron chi connectivity index (χ1n) is 11.8. The van der Waals surface area contributed by atoms with Crippen LogP contribution in [0.3, 0.4) is 0 Å². The number of halogens is 1. The summed E-state index contributed by atoms with van der Waals surface area (Å²) in [7, 11) is 0. The molecule has 2 aromatic rings. The number of carbonyl (C=O) groups excluding carboxylic acids is 4. The van der Waals surface area contributed by atoms with Crippen molar-refractivity contribution in [3.63, 3.8) is 0 Å². The summed E-state index contributed by atoms with van der Waals surface area (Å²) in [5.74, 6) is -3.93. The quantitative estimate of drug-likeness (QED) is 0.533. The number of carbonyl (C=O) groups is 4. The third-order valence-corrected chi connectivity index (χ3v) is 7.93. The predicted octanol–water partition coefficient (Wildman–Crippen LogP) is 2.79. The molecule has 2 saturated heterocycles. The van der Waals surface area contributed by atoms with Crippen molar-refractivity contribution in [3.05, 3.63) is 58.1 Å². The molecule has 3 aliphatic rings. The maximum atomic E-state index is 13.9. The Hall–Kier alpha value is -3.23. The molecule has 5 rings (SSSR count). The number of hydrogen-bond donors (Lipinski definition) is 3. The van der Waals surface area contributed by atoms with Gasteiger partial charge in [0.2, 0.25) is 23.6 Å². The van der Waals surface area contributed by atoms with Crippen LogP contribution in [0.5, 0.6) is 0 Å². The number of hydrogen-bond acceptors (Lipinski definition) is 5. The molecule has 0 aromatic heterocycles. The zero-order valence-electron chi connectivity index (χ0n) is 19.6. The Morgan fingerprint density at radius 2 is 1.83 bits per heavy atom. The number of nitrogens with zero attached hydrogens (tertiary/aromatic N) is 1. The number of nitrogens with two attached hydrogens (primary N) is 1. The van der Waals surface area contributed by atoms with Gasteiger partial charge in [-0.1, -0.05) is 43.1 Å². The second kappa shape index (κ2) is 8.46. The Bertz CT molecular complexity index is 1260. The minimum absolute atomic E-state index is 0.180. The third kappa shape index (κ3) is 3.38. The largest absolute Gasteiger partial charge is 0.370 e. The number of imide groups is 1. The molecule has 8 nitrogen and oxygen atoms in total. The summed E-state index contributed by atoms with van der Waals surface area (Å²) >= 11 is 6.28. The van der Waals surface area contributed by atoms with Gasteiger partial charge in [0.25, 0.3) is 0 Å². The highest BCUT2D eigenvalue weighted by molar-refractivity contribution is 6.32. The fraction of sp³-hybridized carbons (Fsp3) is 0.385. The van der Waals surface area contributed by atoms with Crippen LogP contribution in [0, 0.1) is 18.8 Å². The molecule has 0 unspecified atom stereocenters. The molecule has 35 heavy (non-hydrogen) atoms. The second-order valence-corrected chi connectivity index (χ2v) is 9.97. The molecule has 3 heterocycles. The first-order chi connectivity index (χ1) is 16.7. The van der Waals surface area contributed by atoms with Gasteiger partial charge >= 0.3 is 0 Å². The number of nitrogens with one attached hydrogen (secondary N) is 2. The van der Waals surface area contributed by atoms with Crippen LogP contribution >= 0.6 is 11.6 Å². The monoisotopic (exact) mass is 494 g/mol. The average molecular weight is 495 g/mol. The topological polar surface area (TPSA) is 122 Å². The van der Waals surface area contributed by atoms with Gasteiger partial charge in [0.1, 0.15) is 5.54 Å².